The van der Waals surface area contributed by atoms with E-state index in [1.54, 1.807) is 0 Å². The molecule has 0 bridgehead atoms. The molecule has 2 atom stereocenters. The zero-order chi connectivity index (χ0) is 14.2. The van der Waals surface area contributed by atoms with Gasteiger partial charge in [-0.25, -0.2) is 4.79 Å². The maximum absolute atomic E-state index is 11.8. The number of nitrogens with one attached hydrogen (secondary N) is 1. The van der Waals surface area contributed by atoms with Crippen LogP contribution in [0.4, 0.5) is 10.5 Å². The van der Waals surface area contributed by atoms with Gasteiger partial charge in [-0.2, -0.15) is 0 Å². The van der Waals surface area contributed by atoms with Crippen LogP contribution in [0.2, 0.25) is 0 Å². The van der Waals surface area contributed by atoms with Gasteiger partial charge in [0.05, 0.1) is 0 Å². The molecule has 0 aromatic heterocycles. The molecule has 0 spiro atoms. The number of rotatable bonds is 2. The highest BCUT2D eigenvalue weighted by Crippen LogP contribution is 2.40. The first-order valence-corrected chi connectivity index (χ1v) is 6.62. The lowest BCUT2D eigenvalue weighted by molar-refractivity contribution is 0.0636. The number of anilines is 1. The fourth-order valence-electron chi connectivity index (χ4n) is 2.02. The molecule has 2 unspecified atom stereocenters. The Bertz CT molecular complexity index is 491. The summed E-state index contributed by atoms with van der Waals surface area (Å²) in [6, 6.07) is 6.34. The van der Waals surface area contributed by atoms with Gasteiger partial charge >= 0.3 is 6.09 Å². The summed E-state index contributed by atoms with van der Waals surface area (Å²) in [7, 11) is 0. The summed E-state index contributed by atoms with van der Waals surface area (Å²) < 4.78 is 5.26. The molecule has 0 aliphatic heterocycles. The van der Waals surface area contributed by atoms with Crippen LogP contribution >= 0.6 is 0 Å². The van der Waals surface area contributed by atoms with Crippen molar-refractivity contribution in [1.29, 1.82) is 0 Å². The normalized spacial score (nSPS) is 21.9. The van der Waals surface area contributed by atoms with Crippen LogP contribution in [-0.2, 0) is 4.74 Å². The van der Waals surface area contributed by atoms with Gasteiger partial charge in [-0.3, -0.25) is 5.32 Å². The lowest BCUT2D eigenvalue weighted by atomic mass is 10.1. The fraction of sp³-hybridized carbons (Fsp3) is 0.533. The molecule has 1 aromatic rings. The van der Waals surface area contributed by atoms with E-state index in [9.17, 15) is 4.79 Å². The van der Waals surface area contributed by atoms with Gasteiger partial charge < -0.3 is 10.5 Å². The van der Waals surface area contributed by atoms with Gasteiger partial charge in [-0.05, 0) is 51.3 Å². The molecule has 1 fully saturated rings. The molecule has 0 saturated heterocycles. The lowest BCUT2D eigenvalue weighted by Gasteiger charge is -2.20. The minimum absolute atomic E-state index is 0.261. The van der Waals surface area contributed by atoms with E-state index in [0.29, 0.717) is 5.92 Å². The number of hydrogen-bond donors (Lipinski definition) is 2. The Labute approximate surface area is 114 Å². The van der Waals surface area contributed by atoms with Crippen molar-refractivity contribution >= 4 is 11.8 Å². The summed E-state index contributed by atoms with van der Waals surface area (Å²) in [5.74, 6) is 0.430. The van der Waals surface area contributed by atoms with E-state index in [1.165, 1.54) is 5.56 Å². The third-order valence-electron chi connectivity index (χ3n) is 3.17. The molecular formula is C15H22N2O2. The molecule has 1 amide bonds. The second kappa shape index (κ2) is 4.85. The predicted octanol–water partition coefficient (Wildman–Crippen LogP) is 3.16. The Hall–Kier alpha value is -1.55. The fourth-order valence-corrected chi connectivity index (χ4v) is 2.02. The standard InChI is InChI=1S/C15H22N2O2/c1-9-5-6-10(11-8-12(11)16)7-13(9)17-14(18)19-15(2,3)4/h5-7,11-12H,8,16H2,1-4H3,(H,17,18). The Kier molecular flexibility index (Phi) is 3.54. The minimum atomic E-state index is -0.492. The highest BCUT2D eigenvalue weighted by molar-refractivity contribution is 5.86. The smallest absolute Gasteiger partial charge is 0.412 e. The molecule has 1 aliphatic carbocycles. The van der Waals surface area contributed by atoms with Crippen LogP contribution in [0.1, 0.15) is 44.2 Å². The molecule has 19 heavy (non-hydrogen) atoms. The third kappa shape index (κ3) is 3.70. The molecular weight excluding hydrogens is 240 g/mol. The Morgan fingerprint density at radius 2 is 2.05 bits per heavy atom. The Morgan fingerprint density at radius 1 is 1.42 bits per heavy atom. The van der Waals surface area contributed by atoms with Crippen molar-refractivity contribution in [2.24, 2.45) is 5.73 Å². The Morgan fingerprint density at radius 3 is 2.58 bits per heavy atom. The van der Waals surface area contributed by atoms with Gasteiger partial charge in [0.1, 0.15) is 5.60 Å². The minimum Gasteiger partial charge on any atom is -0.444 e. The van der Waals surface area contributed by atoms with Crippen LogP contribution in [0.15, 0.2) is 18.2 Å². The first kappa shape index (κ1) is 13.9. The van der Waals surface area contributed by atoms with Crippen molar-refractivity contribution in [2.75, 3.05) is 5.32 Å². The monoisotopic (exact) mass is 262 g/mol. The van der Waals surface area contributed by atoms with E-state index in [2.05, 4.69) is 11.4 Å². The molecule has 1 saturated carbocycles. The van der Waals surface area contributed by atoms with E-state index >= 15 is 0 Å². The number of carbonyl (C=O) groups excluding carboxylic acids is 1. The largest absolute Gasteiger partial charge is 0.444 e. The number of benzene rings is 1. The van der Waals surface area contributed by atoms with E-state index in [0.717, 1.165) is 17.7 Å². The molecule has 104 valence electrons. The van der Waals surface area contributed by atoms with Gasteiger partial charge in [-0.15, -0.1) is 0 Å². The summed E-state index contributed by atoms with van der Waals surface area (Å²) in [5.41, 5.74) is 8.37. The molecule has 4 nitrogen and oxygen atoms in total. The maximum atomic E-state index is 11.8. The summed E-state index contributed by atoms with van der Waals surface area (Å²) >= 11 is 0. The maximum Gasteiger partial charge on any atom is 0.412 e. The number of aryl methyl sites for hydroxylation is 1. The second-order valence-electron chi connectivity index (χ2n) is 6.21. The predicted molar refractivity (Wildman–Crippen MR) is 76.4 cm³/mol. The first-order chi connectivity index (χ1) is 8.76. The number of hydrogen-bond acceptors (Lipinski definition) is 3. The highest BCUT2D eigenvalue weighted by atomic mass is 16.6. The van der Waals surface area contributed by atoms with Crippen LogP contribution in [-0.4, -0.2) is 17.7 Å². The molecule has 1 aliphatic rings. The van der Waals surface area contributed by atoms with Crippen LogP contribution in [0.25, 0.3) is 0 Å². The van der Waals surface area contributed by atoms with Crippen LogP contribution in [0.5, 0.6) is 0 Å². The van der Waals surface area contributed by atoms with Gasteiger partial charge in [0.15, 0.2) is 0 Å². The zero-order valence-electron chi connectivity index (χ0n) is 12.0. The quantitative estimate of drug-likeness (QED) is 0.860. The van der Waals surface area contributed by atoms with E-state index < -0.39 is 11.7 Å². The average molecular weight is 262 g/mol. The molecule has 1 aromatic carbocycles. The van der Waals surface area contributed by atoms with Gasteiger partial charge in [0, 0.05) is 17.6 Å². The SMILES string of the molecule is Cc1ccc(C2CC2N)cc1NC(=O)OC(C)(C)C. The lowest BCUT2D eigenvalue weighted by Crippen LogP contribution is -2.27. The molecule has 3 N–H and O–H groups in total. The van der Waals surface area contributed by atoms with Crippen molar-refractivity contribution < 1.29 is 9.53 Å². The van der Waals surface area contributed by atoms with Crippen molar-refractivity contribution in [1.82, 2.24) is 0 Å². The van der Waals surface area contributed by atoms with Crippen molar-refractivity contribution in [3.05, 3.63) is 29.3 Å². The number of amides is 1. The van der Waals surface area contributed by atoms with Crippen molar-refractivity contribution in [3.8, 4) is 0 Å². The molecule has 0 heterocycles. The average Bonchev–Trinajstić information content (AvgIpc) is 2.96. The first-order valence-electron chi connectivity index (χ1n) is 6.62. The number of nitrogens with two attached hydrogens (primary N) is 1. The zero-order valence-corrected chi connectivity index (χ0v) is 12.0. The van der Waals surface area contributed by atoms with Crippen molar-refractivity contribution in [3.63, 3.8) is 0 Å². The second-order valence-corrected chi connectivity index (χ2v) is 6.21. The summed E-state index contributed by atoms with van der Waals surface area (Å²) in [5, 5.41) is 2.80. The van der Waals surface area contributed by atoms with E-state index in [4.69, 9.17) is 10.5 Å². The topological polar surface area (TPSA) is 64.3 Å². The van der Waals surface area contributed by atoms with E-state index in [1.807, 2.05) is 39.8 Å². The van der Waals surface area contributed by atoms with Crippen LogP contribution in [0, 0.1) is 6.92 Å². The Balaban J connectivity index is 2.09. The van der Waals surface area contributed by atoms with Gasteiger partial charge in [-0.1, -0.05) is 12.1 Å². The summed E-state index contributed by atoms with van der Waals surface area (Å²) in [4.78, 5) is 11.8. The summed E-state index contributed by atoms with van der Waals surface area (Å²) in [6.45, 7) is 7.50. The highest BCUT2D eigenvalue weighted by Gasteiger charge is 2.35. The molecule has 4 heteroatoms. The van der Waals surface area contributed by atoms with Gasteiger partial charge in [0.2, 0.25) is 0 Å². The number of carbonyl (C=O) groups is 1. The van der Waals surface area contributed by atoms with Crippen LogP contribution in [0.3, 0.4) is 0 Å². The molecule has 2 rings (SSSR count). The molecule has 0 radical (unpaired) electrons. The third-order valence-corrected chi connectivity index (χ3v) is 3.17. The van der Waals surface area contributed by atoms with Crippen molar-refractivity contribution in [2.45, 2.75) is 51.7 Å². The number of ether oxygens (including phenoxy) is 1. The van der Waals surface area contributed by atoms with Crippen LogP contribution < -0.4 is 11.1 Å². The van der Waals surface area contributed by atoms with E-state index in [-0.39, 0.29) is 6.04 Å². The van der Waals surface area contributed by atoms with Gasteiger partial charge in [0.25, 0.3) is 0 Å². The summed E-state index contributed by atoms with van der Waals surface area (Å²) in [6.07, 6.45) is 0.599.